The van der Waals surface area contributed by atoms with Gasteiger partial charge in [-0.15, -0.1) is 0 Å². The summed E-state index contributed by atoms with van der Waals surface area (Å²) in [6, 6.07) is 0. The summed E-state index contributed by atoms with van der Waals surface area (Å²) in [6.45, 7) is 0. The Morgan fingerprint density at radius 3 is 2.89 bits per heavy atom. The Morgan fingerprint density at radius 2 is 2.44 bits per heavy atom. The third kappa shape index (κ3) is 0.900. The van der Waals surface area contributed by atoms with Gasteiger partial charge in [0.1, 0.15) is 0 Å². The number of hydrogen-bond donors (Lipinski definition) is 1. The predicted molar refractivity (Wildman–Crippen MR) is 39.9 cm³/mol. The second-order valence-corrected chi connectivity index (χ2v) is 3.64. The van der Waals surface area contributed by atoms with Crippen LogP contribution in [0.1, 0.15) is 30.6 Å². The van der Waals surface area contributed by atoms with Gasteiger partial charge in [0.2, 0.25) is 0 Å². The molecule has 9 heavy (non-hydrogen) atoms. The Hall–Kier alpha value is -0.290. The molecule has 0 bridgehead atoms. The molecule has 1 aliphatic rings. The summed E-state index contributed by atoms with van der Waals surface area (Å²) >= 11 is 0. The smallest absolute Gasteiger partial charge is 0.0455 e. The maximum Gasteiger partial charge on any atom is 0.0455 e. The zero-order chi connectivity index (χ0) is 6.10. The van der Waals surface area contributed by atoms with Gasteiger partial charge in [-0.25, -0.2) is 0 Å². The maximum atomic E-state index is 3.28. The Bertz CT molecular complexity index is 177. The van der Waals surface area contributed by atoms with Crippen molar-refractivity contribution < 1.29 is 0 Å². The van der Waals surface area contributed by atoms with Crippen LogP contribution in [0.4, 0.5) is 0 Å². The fourth-order valence-electron chi connectivity index (χ4n) is 1.18. The molecule has 0 aliphatic heterocycles. The van der Waals surface area contributed by atoms with Crippen LogP contribution in [0.25, 0.3) is 0 Å². The first-order valence-corrected chi connectivity index (χ1v) is 4.42. The highest BCUT2D eigenvalue weighted by Gasteiger charge is 2.19. The van der Waals surface area contributed by atoms with E-state index in [0.29, 0.717) is 0 Å². The van der Waals surface area contributed by atoms with Gasteiger partial charge in [0.25, 0.3) is 0 Å². The molecule has 2 rings (SSSR count). The quantitative estimate of drug-likeness (QED) is 0.615. The van der Waals surface area contributed by atoms with Crippen molar-refractivity contribution in [1.29, 1.82) is 0 Å². The van der Waals surface area contributed by atoms with Crippen LogP contribution in [-0.2, 0) is 0 Å². The number of aromatic amines is 1. The minimum Gasteiger partial charge on any atom is -0.361 e. The van der Waals surface area contributed by atoms with Crippen molar-refractivity contribution in [2.45, 2.75) is 25.2 Å². The van der Waals surface area contributed by atoms with Crippen molar-refractivity contribution in [3.63, 3.8) is 0 Å². The molecule has 2 heteroatoms. The molecule has 1 aliphatic carbocycles. The fraction of sp³-hybridized carbons (Fsp3) is 0.571. The van der Waals surface area contributed by atoms with Crippen molar-refractivity contribution in [3.8, 4) is 0 Å². The summed E-state index contributed by atoms with van der Waals surface area (Å²) in [5, 5.41) is 0. The minimum atomic E-state index is 0.904. The van der Waals surface area contributed by atoms with Gasteiger partial charge in [0.15, 0.2) is 0 Å². The van der Waals surface area contributed by atoms with Crippen molar-refractivity contribution in [1.82, 2.24) is 4.98 Å². The second kappa shape index (κ2) is 2.15. The van der Waals surface area contributed by atoms with Crippen LogP contribution in [-0.4, -0.2) is 4.98 Å². The molecule has 0 spiro atoms. The molecule has 1 saturated carbocycles. The van der Waals surface area contributed by atoms with Gasteiger partial charge in [-0.1, -0.05) is 14.6 Å². The van der Waals surface area contributed by atoms with Gasteiger partial charge in [-0.05, 0) is 18.6 Å². The number of H-pyrrole nitrogens is 1. The lowest BCUT2D eigenvalue weighted by molar-refractivity contribution is 0.418. The maximum absolute atomic E-state index is 3.28. The van der Waals surface area contributed by atoms with E-state index < -0.39 is 0 Å². The predicted octanol–water partition coefficient (Wildman–Crippen LogP) is 2.86. The highest BCUT2D eigenvalue weighted by Crippen LogP contribution is 2.38. The summed E-state index contributed by atoms with van der Waals surface area (Å²) in [5.74, 6) is 3.08. The zero-order valence-corrected chi connectivity index (χ0v) is 6.20. The Labute approximate surface area is 56.6 Å². The lowest BCUT2D eigenvalue weighted by Crippen LogP contribution is -2.07. The Balaban J connectivity index is 2.14. The molecule has 1 fully saturated rings. The normalized spacial score (nSPS) is 20.4. The molecule has 0 saturated heterocycles. The molecule has 1 N–H and O–H groups in total. The van der Waals surface area contributed by atoms with Gasteiger partial charge < -0.3 is 4.98 Å². The third-order valence-electron chi connectivity index (χ3n) is 2.01. The molecule has 1 heterocycles. The lowest BCUT2D eigenvalue weighted by Gasteiger charge is -2.23. The first-order chi connectivity index (χ1) is 4.47. The number of hydrogen-bond acceptors (Lipinski definition) is 0. The molecule has 0 radical (unpaired) electrons. The van der Waals surface area contributed by atoms with Gasteiger partial charge in [-0.2, -0.15) is 0 Å². The van der Waals surface area contributed by atoms with Crippen molar-refractivity contribution in [3.05, 3.63) is 17.4 Å². The Kier molecular flexibility index (Phi) is 1.31. The van der Waals surface area contributed by atoms with Crippen LogP contribution in [0.3, 0.4) is 0 Å². The van der Waals surface area contributed by atoms with E-state index in [1.165, 1.54) is 32.9 Å². The largest absolute Gasteiger partial charge is 0.361 e. The highest BCUT2D eigenvalue weighted by molar-refractivity contribution is 7.30. The summed E-state index contributed by atoms with van der Waals surface area (Å²) in [6.07, 6.45) is 6.31. The van der Waals surface area contributed by atoms with E-state index >= 15 is 0 Å². The molecule has 1 aromatic rings. The van der Waals surface area contributed by atoms with Crippen LogP contribution >= 0.6 is 8.19 Å². The van der Waals surface area contributed by atoms with Gasteiger partial charge in [0, 0.05) is 17.5 Å². The van der Waals surface area contributed by atoms with Gasteiger partial charge in [-0.3, -0.25) is 0 Å². The van der Waals surface area contributed by atoms with Crippen molar-refractivity contribution >= 4 is 8.19 Å². The van der Waals surface area contributed by atoms with E-state index in [1.807, 2.05) is 0 Å². The summed E-state index contributed by atoms with van der Waals surface area (Å²) in [7, 11) is 1.41. The van der Waals surface area contributed by atoms with Crippen LogP contribution in [0.5, 0.6) is 0 Å². The molecule has 1 aromatic heterocycles. The van der Waals surface area contributed by atoms with E-state index in [4.69, 9.17) is 0 Å². The van der Waals surface area contributed by atoms with E-state index in [1.54, 1.807) is 0 Å². The molecule has 0 atom stereocenters. The molecule has 0 amide bonds. The van der Waals surface area contributed by atoms with Crippen molar-refractivity contribution in [2.24, 2.45) is 0 Å². The van der Waals surface area contributed by atoms with Gasteiger partial charge in [0.05, 0.1) is 0 Å². The monoisotopic (exact) mass is 139 g/mol. The summed E-state index contributed by atoms with van der Waals surface area (Å²) in [5.41, 5.74) is 1.53. The van der Waals surface area contributed by atoms with Gasteiger partial charge >= 0.3 is 0 Å². The number of aromatic nitrogens is 1. The fourth-order valence-corrected chi connectivity index (χ4v) is 2.11. The molecular weight excluding hydrogens is 129 g/mol. The topological polar surface area (TPSA) is 15.8 Å². The summed E-state index contributed by atoms with van der Waals surface area (Å²) in [4.78, 5) is 3.28. The van der Waals surface area contributed by atoms with Crippen LogP contribution in [0.15, 0.2) is 12.0 Å². The molecule has 0 unspecified atom stereocenters. The van der Waals surface area contributed by atoms with E-state index in [0.717, 1.165) is 5.92 Å². The zero-order valence-electron chi connectivity index (χ0n) is 5.30. The van der Waals surface area contributed by atoms with Crippen LogP contribution < -0.4 is 0 Å². The molecule has 0 aromatic carbocycles. The highest BCUT2D eigenvalue weighted by atomic mass is 31.0. The molecule has 1 nitrogen and oxygen atoms in total. The first kappa shape index (κ1) is 5.49. The number of nitrogens with one attached hydrogen (secondary N) is 1. The first-order valence-electron chi connectivity index (χ1n) is 3.46. The Morgan fingerprint density at radius 1 is 1.56 bits per heavy atom. The minimum absolute atomic E-state index is 0.904. The SMILES string of the molecule is c1cpc(C2CCC2)[nH]1. The average molecular weight is 139 g/mol. The standard InChI is InChI=1S/C7H10NP/c1-2-6(3-1)7-8-4-5-9-7/h4-6,8H,1-3H2. The summed E-state index contributed by atoms with van der Waals surface area (Å²) < 4.78 is 0. The van der Waals surface area contributed by atoms with E-state index in [-0.39, 0.29) is 0 Å². The second-order valence-electron chi connectivity index (χ2n) is 2.60. The van der Waals surface area contributed by atoms with Crippen LogP contribution in [0.2, 0.25) is 0 Å². The third-order valence-corrected chi connectivity index (χ3v) is 3.08. The molecule has 48 valence electrons. The molecular formula is C7H10NP. The van der Waals surface area contributed by atoms with E-state index in [2.05, 4.69) is 17.0 Å². The average Bonchev–Trinajstić information content (AvgIpc) is 2.11. The van der Waals surface area contributed by atoms with Crippen LogP contribution in [0, 0.1) is 0 Å². The van der Waals surface area contributed by atoms with E-state index in [9.17, 15) is 0 Å². The van der Waals surface area contributed by atoms with Crippen molar-refractivity contribution in [2.75, 3.05) is 0 Å². The lowest BCUT2D eigenvalue weighted by atomic mass is 9.86. The number of rotatable bonds is 1.